The number of nitrogens with one attached hydrogen (secondary N) is 4. The van der Waals surface area contributed by atoms with E-state index in [2.05, 4.69) is 74.1 Å². The average Bonchev–Trinajstić information content (AvgIpc) is 4.05. The number of amides is 4. The smallest absolute Gasteiger partial charge is 0.407 e. The summed E-state index contributed by atoms with van der Waals surface area (Å²) in [5, 5.41) is 12.8. The van der Waals surface area contributed by atoms with Gasteiger partial charge in [0.2, 0.25) is 11.8 Å². The second-order valence-corrected chi connectivity index (χ2v) is 15.2. The first kappa shape index (κ1) is 59.5. The van der Waals surface area contributed by atoms with Crippen LogP contribution < -0.4 is 16.8 Å². The summed E-state index contributed by atoms with van der Waals surface area (Å²) in [4.78, 5) is 80.0. The van der Waals surface area contributed by atoms with E-state index in [1.165, 1.54) is 14.2 Å². The van der Waals surface area contributed by atoms with Crippen molar-refractivity contribution in [1.82, 2.24) is 46.5 Å². The number of imidazole rings is 2. The molecule has 0 bridgehead atoms. The topological polar surface area (TPSA) is 247 Å². The summed E-state index contributed by atoms with van der Waals surface area (Å²) in [5.41, 5.74) is 5.83. The molecule has 4 aromatic rings. The molecule has 0 unspecified atom stereocenters. The van der Waals surface area contributed by atoms with E-state index in [1.807, 2.05) is 29.8 Å². The first-order valence-corrected chi connectivity index (χ1v) is 19.7. The van der Waals surface area contributed by atoms with E-state index in [1.54, 1.807) is 6.20 Å². The number of benzene rings is 2. The highest BCUT2D eigenvalue weighted by Gasteiger charge is 2.44. The number of carboxylic acid groups (broad SMARTS) is 1. The lowest BCUT2D eigenvalue weighted by Gasteiger charge is -2.30. The molecule has 7 rings (SSSR count). The van der Waals surface area contributed by atoms with E-state index >= 15 is 0 Å². The van der Waals surface area contributed by atoms with Gasteiger partial charge in [-0.1, -0.05) is 62.4 Å². The lowest BCUT2D eigenvalue weighted by atomic mass is 10.0. The molecule has 5 atom stereocenters. The Balaban J connectivity index is 0.00000381. The molecule has 64 heavy (non-hydrogen) atoms. The average molecular weight is 984 g/mol. The summed E-state index contributed by atoms with van der Waals surface area (Å²) in [7, 11) is 2.59. The van der Waals surface area contributed by atoms with Crippen molar-refractivity contribution in [2.45, 2.75) is 95.9 Å². The molecule has 8 N–H and O–H groups in total. The summed E-state index contributed by atoms with van der Waals surface area (Å²) in [5.74, 6) is 0.326. The molecule has 0 spiro atoms. The van der Waals surface area contributed by atoms with Crippen molar-refractivity contribution in [1.29, 1.82) is 0 Å². The van der Waals surface area contributed by atoms with Crippen LogP contribution in [0.15, 0.2) is 60.9 Å². The van der Waals surface area contributed by atoms with Crippen LogP contribution in [0.1, 0.15) is 89.4 Å². The quantitative estimate of drug-likeness (QED) is 0.100. The largest absolute Gasteiger partial charge is 0.481 e. The first-order chi connectivity index (χ1) is 27.9. The lowest BCUT2D eigenvalue weighted by molar-refractivity contribution is -0.136. The van der Waals surface area contributed by atoms with Gasteiger partial charge in [-0.05, 0) is 73.1 Å². The number of alkyl carbamates (subject to hydrolysis) is 2. The third-order valence-electron chi connectivity index (χ3n) is 11.0. The molecule has 17 nitrogen and oxygen atoms in total. The Hall–Kier alpha value is -4.48. The van der Waals surface area contributed by atoms with Gasteiger partial charge in [-0.25, -0.2) is 19.6 Å². The van der Waals surface area contributed by atoms with E-state index < -0.39 is 30.2 Å². The number of aliphatic carboxylic acids is 1. The van der Waals surface area contributed by atoms with E-state index in [-0.39, 0.29) is 109 Å². The zero-order valence-electron chi connectivity index (χ0n) is 36.7. The lowest BCUT2D eigenvalue weighted by Crippen LogP contribution is -2.51. The molecule has 22 heteroatoms. The number of hydrogen-bond donors (Lipinski definition) is 6. The van der Waals surface area contributed by atoms with E-state index in [0.29, 0.717) is 13.0 Å². The molecule has 0 saturated carbocycles. The number of likely N-dealkylation sites (tertiary alicyclic amines) is 1. The van der Waals surface area contributed by atoms with Crippen molar-refractivity contribution < 1.29 is 38.6 Å². The minimum Gasteiger partial charge on any atom is -0.481 e. The predicted molar refractivity (Wildman–Crippen MR) is 271 cm³/mol. The molecule has 0 radical (unpaired) electrons. The number of carbonyl (C=O) groups excluding carboxylic acids is 4. The Morgan fingerprint density at radius 3 is 1.69 bits per heavy atom. The number of fused-ring (bicyclic) bond motifs is 1. The molecular formula is C42H65N9O8S5. The molecule has 5 heterocycles. The maximum absolute atomic E-state index is 13.6. The number of H-pyrrole nitrogens is 2. The van der Waals surface area contributed by atoms with Crippen LogP contribution in [0.25, 0.3) is 33.6 Å². The van der Waals surface area contributed by atoms with Crippen LogP contribution in [0.2, 0.25) is 0 Å². The van der Waals surface area contributed by atoms with Gasteiger partial charge in [0.1, 0.15) is 23.7 Å². The van der Waals surface area contributed by atoms with Crippen molar-refractivity contribution >= 4 is 97.4 Å². The highest BCUT2D eigenvalue weighted by molar-refractivity contribution is 7.60. The Bertz CT molecular complexity index is 2100. The van der Waals surface area contributed by atoms with Crippen molar-refractivity contribution in [2.24, 2.45) is 5.92 Å². The van der Waals surface area contributed by atoms with Crippen molar-refractivity contribution in [3.8, 4) is 33.6 Å². The third-order valence-corrected chi connectivity index (χ3v) is 11.0. The molecule has 3 saturated heterocycles. The molecule has 0 aliphatic carbocycles. The Morgan fingerprint density at radius 2 is 1.20 bits per heavy atom. The third kappa shape index (κ3) is 14.0. The van der Waals surface area contributed by atoms with Gasteiger partial charge in [-0.15, -0.1) is 0 Å². The van der Waals surface area contributed by atoms with Gasteiger partial charge in [0.05, 0.1) is 50.1 Å². The number of nitrogens with zero attached hydrogens (tertiary/aromatic N) is 4. The normalized spacial score (nSPS) is 18.8. The van der Waals surface area contributed by atoms with Gasteiger partial charge in [0.25, 0.3) is 5.97 Å². The Kier molecular flexibility index (Phi) is 25.2. The van der Waals surface area contributed by atoms with Crippen LogP contribution in [0.3, 0.4) is 0 Å². The summed E-state index contributed by atoms with van der Waals surface area (Å²) in [6.45, 7) is 5.48. The standard InChI is InChI=1S/C40H48N8O6.C2H4O2.H3N.5H2S/c1-23(2)34(46-40(52)54-4)38(50)47-20-6-9-32(47)35-41-21-30(43-35)26-14-10-24(11-15-26)25-12-16-27(17-13-25)31-22-42-36(44-31)33-19-18-28-7-5-8-29(37(49)48(28)33)45-39(51)53-3;1-2(3)4;;;;;;/h10-17,21-23,28-29,32-34H,5-9,18-20H2,1-4H3,(H,41,43)(H,42,44)(H,45,51)(H,46,52);1H3,(H,3,4);1H3;5*1H2/t28-,29-,32-,33-,34-;;;;;;;/m0......./s1. The number of ether oxygens (including phenoxy) is 2. The fraction of sp³-hybridized carbons (Fsp3) is 0.452. The number of carbonyl (C=O) groups is 5. The van der Waals surface area contributed by atoms with Gasteiger partial charge in [-0.2, -0.15) is 67.5 Å². The summed E-state index contributed by atoms with van der Waals surface area (Å²) in [6.07, 6.45) is 8.12. The van der Waals surface area contributed by atoms with Gasteiger partial charge >= 0.3 is 12.2 Å². The highest BCUT2D eigenvalue weighted by Crippen LogP contribution is 2.40. The van der Waals surface area contributed by atoms with Crippen LogP contribution in [-0.4, -0.2) is 104 Å². The maximum Gasteiger partial charge on any atom is 0.407 e. The second kappa shape index (κ2) is 27.1. The summed E-state index contributed by atoms with van der Waals surface area (Å²) in [6, 6.07) is 15.0. The molecule has 3 fully saturated rings. The van der Waals surface area contributed by atoms with Gasteiger partial charge in [-0.3, -0.25) is 14.4 Å². The number of carboxylic acids is 1. The monoisotopic (exact) mass is 983 g/mol. The Morgan fingerprint density at radius 1 is 0.719 bits per heavy atom. The van der Waals surface area contributed by atoms with E-state index in [0.717, 1.165) is 90.7 Å². The minimum absolute atomic E-state index is 0. The molecule has 3 aliphatic heterocycles. The molecular weight excluding hydrogens is 919 g/mol. The zero-order valence-corrected chi connectivity index (χ0v) is 41.7. The van der Waals surface area contributed by atoms with Crippen LogP contribution in [-0.2, 0) is 23.9 Å². The number of aromatic amines is 2. The molecule has 4 amide bonds. The van der Waals surface area contributed by atoms with Crippen molar-refractivity contribution in [3.05, 3.63) is 72.6 Å². The number of methoxy groups -OCH3 is 2. The van der Waals surface area contributed by atoms with Gasteiger partial charge in [0, 0.05) is 19.5 Å². The molecule has 2 aromatic carbocycles. The number of rotatable bonds is 9. The Labute approximate surface area is 409 Å². The predicted octanol–water partition coefficient (Wildman–Crippen LogP) is 6.94. The van der Waals surface area contributed by atoms with Crippen molar-refractivity contribution in [3.63, 3.8) is 0 Å². The van der Waals surface area contributed by atoms with Crippen LogP contribution >= 0.6 is 67.5 Å². The minimum atomic E-state index is -0.833. The van der Waals surface area contributed by atoms with E-state index in [9.17, 15) is 19.2 Å². The zero-order chi connectivity index (χ0) is 41.5. The van der Waals surface area contributed by atoms with Gasteiger partial charge in [0.15, 0.2) is 0 Å². The summed E-state index contributed by atoms with van der Waals surface area (Å²) < 4.78 is 9.51. The van der Waals surface area contributed by atoms with E-state index in [4.69, 9.17) is 24.4 Å². The first-order valence-electron chi connectivity index (χ1n) is 19.7. The van der Waals surface area contributed by atoms with Crippen LogP contribution in [0.4, 0.5) is 9.59 Å². The fourth-order valence-corrected chi connectivity index (χ4v) is 8.15. The second-order valence-electron chi connectivity index (χ2n) is 15.2. The van der Waals surface area contributed by atoms with Crippen LogP contribution in [0.5, 0.6) is 0 Å². The highest BCUT2D eigenvalue weighted by atomic mass is 32.1. The molecule has 356 valence electrons. The number of aromatic nitrogens is 4. The molecule has 3 aliphatic rings. The fourth-order valence-electron chi connectivity index (χ4n) is 8.15. The van der Waals surface area contributed by atoms with Crippen molar-refractivity contribution in [2.75, 3.05) is 20.8 Å². The maximum atomic E-state index is 13.6. The van der Waals surface area contributed by atoms with Gasteiger partial charge < -0.3 is 51.1 Å². The SMILES string of the molecule is CC(=O)O.COC(=O)N[C@H]1CCC[C@H]2CC[C@@H](c3ncc(-c4ccc(-c5ccc(-c6cnc([C@@H]7CCCN7C(=O)[C@@H](NC(=O)OC)C(C)C)[nH]6)cc5)cc4)[nH]3)N2C1=O.N.S.S.S.S.S. The summed E-state index contributed by atoms with van der Waals surface area (Å²) >= 11 is 0. The molecule has 2 aromatic heterocycles. The number of hydrogen-bond acceptors (Lipinski definition) is 10. The van der Waals surface area contributed by atoms with Crippen LogP contribution in [0, 0.1) is 5.92 Å².